The van der Waals surface area contributed by atoms with E-state index in [1.54, 1.807) is 17.0 Å². The molecule has 1 unspecified atom stereocenters. The molecule has 0 bridgehead atoms. The molecule has 2 nitrogen and oxygen atoms in total. The molecule has 1 fully saturated rings. The third-order valence-electron chi connectivity index (χ3n) is 5.57. The summed E-state index contributed by atoms with van der Waals surface area (Å²) in [5, 5.41) is 0.862. The smallest absolute Gasteiger partial charge is 0.370 e. The quantitative estimate of drug-likeness (QED) is 0.416. The molecule has 0 radical (unpaired) electrons. The molecule has 1 aliphatic heterocycles. The lowest BCUT2D eigenvalue weighted by atomic mass is 9.79. The lowest BCUT2D eigenvalue weighted by molar-refractivity contribution is -0.184. The average molecular weight is 496 g/mol. The molecule has 0 spiro atoms. The molecular formula is C21H20Cl3F3N2S. The third kappa shape index (κ3) is 4.67. The Labute approximate surface area is 194 Å². The van der Waals surface area contributed by atoms with E-state index >= 15 is 0 Å². The summed E-state index contributed by atoms with van der Waals surface area (Å²) in [4.78, 5) is 4.31. The van der Waals surface area contributed by atoms with Gasteiger partial charge in [0.25, 0.3) is 0 Å². The van der Waals surface area contributed by atoms with Crippen LogP contribution in [0.4, 0.5) is 18.9 Å². The number of hydrogen-bond donors (Lipinski definition) is 0. The summed E-state index contributed by atoms with van der Waals surface area (Å²) in [5.74, 6) is 0. The Hall–Kier alpha value is -1.21. The Morgan fingerprint density at radius 3 is 2.30 bits per heavy atom. The zero-order valence-corrected chi connectivity index (χ0v) is 19.4. The van der Waals surface area contributed by atoms with E-state index < -0.39 is 11.6 Å². The van der Waals surface area contributed by atoms with Crippen LogP contribution in [0.5, 0.6) is 0 Å². The maximum atomic E-state index is 14.3. The molecule has 30 heavy (non-hydrogen) atoms. The van der Waals surface area contributed by atoms with Crippen molar-refractivity contribution in [2.75, 3.05) is 25.0 Å². The first-order valence-electron chi connectivity index (χ1n) is 9.21. The summed E-state index contributed by atoms with van der Waals surface area (Å²) in [6, 6.07) is 9.47. The fourth-order valence-electron chi connectivity index (χ4n) is 3.72. The normalized spacial score (nSPS) is 19.3. The molecule has 1 saturated heterocycles. The number of alkyl halides is 3. The van der Waals surface area contributed by atoms with E-state index in [0.29, 0.717) is 17.3 Å². The number of halogens is 6. The van der Waals surface area contributed by atoms with Gasteiger partial charge in [0.2, 0.25) is 0 Å². The van der Waals surface area contributed by atoms with E-state index in [-0.39, 0.29) is 35.1 Å². The van der Waals surface area contributed by atoms with Crippen molar-refractivity contribution in [3.05, 3.63) is 62.6 Å². The molecule has 0 amide bonds. The van der Waals surface area contributed by atoms with Crippen LogP contribution in [0, 0.1) is 0 Å². The molecule has 3 rings (SSSR count). The molecule has 1 heterocycles. The van der Waals surface area contributed by atoms with Gasteiger partial charge in [-0.05, 0) is 54.8 Å². The van der Waals surface area contributed by atoms with Crippen LogP contribution in [0.3, 0.4) is 0 Å². The van der Waals surface area contributed by atoms with Crippen LogP contribution in [0.25, 0.3) is 0 Å². The van der Waals surface area contributed by atoms with Gasteiger partial charge in [0.05, 0.1) is 4.99 Å². The van der Waals surface area contributed by atoms with Crippen LogP contribution in [0.1, 0.15) is 24.5 Å². The van der Waals surface area contributed by atoms with Crippen LogP contribution in [0.2, 0.25) is 15.1 Å². The maximum absolute atomic E-state index is 14.3. The van der Waals surface area contributed by atoms with Crippen molar-refractivity contribution in [2.45, 2.75) is 31.5 Å². The fourth-order valence-corrected chi connectivity index (χ4v) is 4.54. The number of thiocarbonyl (C=S) groups is 1. The number of anilines is 1. The summed E-state index contributed by atoms with van der Waals surface area (Å²) in [6.07, 6.45) is -4.56. The van der Waals surface area contributed by atoms with Crippen LogP contribution >= 0.6 is 47.0 Å². The summed E-state index contributed by atoms with van der Waals surface area (Å²) < 4.78 is 42.8. The largest absolute Gasteiger partial charge is 0.400 e. The summed E-state index contributed by atoms with van der Waals surface area (Å²) >= 11 is 23.6. The molecule has 0 aliphatic carbocycles. The first-order valence-corrected chi connectivity index (χ1v) is 10.8. The molecule has 2 aromatic carbocycles. The molecular weight excluding hydrogens is 476 g/mol. The van der Waals surface area contributed by atoms with Gasteiger partial charge in [-0.1, -0.05) is 53.1 Å². The first kappa shape index (κ1) is 23.5. The summed E-state index contributed by atoms with van der Waals surface area (Å²) in [7, 11) is 1.86. The van der Waals surface area contributed by atoms with E-state index in [0.717, 1.165) is 10.6 Å². The highest BCUT2D eigenvalue weighted by molar-refractivity contribution is 7.80. The van der Waals surface area contributed by atoms with Crippen molar-refractivity contribution < 1.29 is 13.2 Å². The highest BCUT2D eigenvalue weighted by Crippen LogP contribution is 2.49. The Kier molecular flexibility index (Phi) is 6.83. The molecule has 0 N–H and O–H groups in total. The Balaban J connectivity index is 1.91. The van der Waals surface area contributed by atoms with Gasteiger partial charge in [-0.3, -0.25) is 0 Å². The van der Waals surface area contributed by atoms with E-state index in [9.17, 15) is 13.2 Å². The van der Waals surface area contributed by atoms with Crippen molar-refractivity contribution >= 4 is 57.7 Å². The third-order valence-corrected chi connectivity index (χ3v) is 6.67. The van der Waals surface area contributed by atoms with Gasteiger partial charge in [0.1, 0.15) is 5.41 Å². The molecule has 1 atom stereocenters. The zero-order chi connectivity index (χ0) is 22.3. The van der Waals surface area contributed by atoms with Crippen LogP contribution in [0.15, 0.2) is 36.4 Å². The first-order chi connectivity index (χ1) is 13.9. The van der Waals surface area contributed by atoms with Gasteiger partial charge in [-0.25, -0.2) is 0 Å². The molecule has 0 aromatic heterocycles. The minimum atomic E-state index is -4.46. The van der Waals surface area contributed by atoms with Crippen molar-refractivity contribution in [3.63, 3.8) is 0 Å². The number of nitrogens with zero attached hydrogens (tertiary/aromatic N) is 2. The van der Waals surface area contributed by atoms with Gasteiger partial charge in [0, 0.05) is 47.4 Å². The van der Waals surface area contributed by atoms with Crippen LogP contribution in [-0.4, -0.2) is 36.2 Å². The Morgan fingerprint density at radius 2 is 1.77 bits per heavy atom. The van der Waals surface area contributed by atoms with E-state index in [2.05, 4.69) is 0 Å². The van der Waals surface area contributed by atoms with Crippen LogP contribution in [-0.2, 0) is 12.0 Å². The lowest BCUT2D eigenvalue weighted by Crippen LogP contribution is -2.44. The maximum Gasteiger partial charge on any atom is 0.400 e. The van der Waals surface area contributed by atoms with Gasteiger partial charge in [0.15, 0.2) is 0 Å². The van der Waals surface area contributed by atoms with Gasteiger partial charge in [-0.15, -0.1) is 0 Å². The van der Waals surface area contributed by atoms with Crippen LogP contribution < -0.4 is 4.90 Å². The Bertz CT molecular complexity index is 947. The van der Waals surface area contributed by atoms with Gasteiger partial charge in [-0.2, -0.15) is 13.2 Å². The van der Waals surface area contributed by atoms with Crippen molar-refractivity contribution in [1.82, 2.24) is 4.90 Å². The minimum Gasteiger partial charge on any atom is -0.370 e. The lowest BCUT2D eigenvalue weighted by Gasteiger charge is -2.33. The topological polar surface area (TPSA) is 6.48 Å². The van der Waals surface area contributed by atoms with Crippen molar-refractivity contribution in [1.29, 1.82) is 0 Å². The number of hydrogen-bond acceptors (Lipinski definition) is 2. The van der Waals surface area contributed by atoms with Crippen molar-refractivity contribution in [2.24, 2.45) is 0 Å². The Morgan fingerprint density at radius 1 is 1.13 bits per heavy atom. The summed E-state index contributed by atoms with van der Waals surface area (Å²) in [5.41, 5.74) is -0.475. The number of rotatable bonds is 4. The van der Waals surface area contributed by atoms with E-state index in [1.807, 2.05) is 24.9 Å². The predicted molar refractivity (Wildman–Crippen MR) is 122 cm³/mol. The monoisotopic (exact) mass is 494 g/mol. The van der Waals surface area contributed by atoms with Crippen molar-refractivity contribution in [3.8, 4) is 0 Å². The number of benzene rings is 2. The van der Waals surface area contributed by atoms with Gasteiger partial charge < -0.3 is 9.80 Å². The summed E-state index contributed by atoms with van der Waals surface area (Å²) in [6.45, 7) is 2.35. The SMILES string of the molecule is CC(=S)N(C)Cc1ccc(N2CCC(c3cc(Cl)cc(Cl)c3)(C(F)(F)F)C2)cc1Cl. The highest BCUT2D eigenvalue weighted by Gasteiger charge is 2.59. The van der Waals surface area contributed by atoms with Gasteiger partial charge >= 0.3 is 6.18 Å². The van der Waals surface area contributed by atoms with E-state index in [4.69, 9.17) is 47.0 Å². The second-order valence-electron chi connectivity index (χ2n) is 7.56. The average Bonchev–Trinajstić information content (AvgIpc) is 3.09. The predicted octanol–water partition coefficient (Wildman–Crippen LogP) is 7.14. The molecule has 2 aromatic rings. The molecule has 0 saturated carbocycles. The van der Waals surface area contributed by atoms with E-state index in [1.165, 1.54) is 18.2 Å². The fraction of sp³-hybridized carbons (Fsp3) is 0.381. The molecule has 9 heteroatoms. The minimum absolute atomic E-state index is 0.0794. The highest BCUT2D eigenvalue weighted by atomic mass is 35.5. The molecule has 1 aliphatic rings. The zero-order valence-electron chi connectivity index (χ0n) is 16.4. The standard InChI is InChI=1S/C21H20Cl3F3N2S/c1-13(30)28(2)11-14-3-4-18(10-19(14)24)29-6-5-20(12-29,21(25,26)27)15-7-16(22)9-17(23)8-15/h3-4,7-10H,5-6,11-12H2,1-2H3. The second-order valence-corrected chi connectivity index (χ2v) is 9.43. The second kappa shape index (κ2) is 8.73. The molecule has 162 valence electrons.